The summed E-state index contributed by atoms with van der Waals surface area (Å²) in [4.78, 5) is 0. The number of hydrogen-bond acceptors (Lipinski definition) is 4. The Morgan fingerprint density at radius 2 is 1.86 bits per heavy atom. The molecule has 0 amide bonds. The molecule has 0 heterocycles. The van der Waals surface area contributed by atoms with Crippen molar-refractivity contribution in [3.63, 3.8) is 0 Å². The van der Waals surface area contributed by atoms with Crippen molar-refractivity contribution in [2.24, 2.45) is 0 Å². The number of nitriles is 1. The fourth-order valence-electron chi connectivity index (χ4n) is 1.28. The van der Waals surface area contributed by atoms with Gasteiger partial charge < -0.3 is 14.6 Å². The first-order valence-electron chi connectivity index (χ1n) is 4.00. The Morgan fingerprint density at radius 1 is 1.29 bits per heavy atom. The van der Waals surface area contributed by atoms with E-state index in [4.69, 9.17) is 14.7 Å². The molecule has 4 nitrogen and oxygen atoms in total. The number of phenolic OH excluding ortho intramolecular Hbond substituents is 1. The quantitative estimate of drug-likeness (QED) is 0.774. The third-order valence-electron chi connectivity index (χ3n) is 1.93. The summed E-state index contributed by atoms with van der Waals surface area (Å²) in [5, 5.41) is 18.4. The molecule has 0 saturated carbocycles. The zero-order valence-corrected chi connectivity index (χ0v) is 8.29. The summed E-state index contributed by atoms with van der Waals surface area (Å²) in [5.74, 6) is 0.433. The van der Waals surface area contributed by atoms with Gasteiger partial charge in [0, 0.05) is 0 Å². The zero-order chi connectivity index (χ0) is 10.7. The number of nitrogens with zero attached hydrogens (tertiary/aromatic N) is 1. The van der Waals surface area contributed by atoms with Crippen molar-refractivity contribution in [2.75, 3.05) is 14.2 Å². The van der Waals surface area contributed by atoms with Gasteiger partial charge in [-0.25, -0.2) is 0 Å². The molecule has 0 radical (unpaired) electrons. The summed E-state index contributed by atoms with van der Waals surface area (Å²) in [7, 11) is 2.84. The van der Waals surface area contributed by atoms with Crippen LogP contribution in [0.1, 0.15) is 11.1 Å². The Morgan fingerprint density at radius 3 is 2.29 bits per heavy atom. The molecule has 0 atom stereocenters. The molecule has 0 fully saturated rings. The molecule has 4 heteroatoms. The van der Waals surface area contributed by atoms with Crippen LogP contribution in [0.15, 0.2) is 6.07 Å². The van der Waals surface area contributed by atoms with Crippen LogP contribution >= 0.6 is 0 Å². The minimum Gasteiger partial charge on any atom is -0.504 e. The smallest absolute Gasteiger partial charge is 0.204 e. The lowest BCUT2D eigenvalue weighted by Gasteiger charge is -2.12. The van der Waals surface area contributed by atoms with E-state index in [0.717, 1.165) is 0 Å². The van der Waals surface area contributed by atoms with Crippen LogP contribution in [-0.2, 0) is 0 Å². The second kappa shape index (κ2) is 3.88. The highest BCUT2D eigenvalue weighted by atomic mass is 16.5. The lowest BCUT2D eigenvalue weighted by molar-refractivity contribution is 0.332. The summed E-state index contributed by atoms with van der Waals surface area (Å²) in [6.45, 7) is 1.72. The average molecular weight is 193 g/mol. The Hall–Kier alpha value is -1.89. The van der Waals surface area contributed by atoms with Gasteiger partial charge in [0.1, 0.15) is 11.6 Å². The molecule has 1 aromatic carbocycles. The van der Waals surface area contributed by atoms with Crippen LogP contribution in [0.2, 0.25) is 0 Å². The molecule has 0 spiro atoms. The maximum absolute atomic E-state index is 9.51. The third-order valence-corrected chi connectivity index (χ3v) is 1.93. The largest absolute Gasteiger partial charge is 0.504 e. The molecule has 0 bridgehead atoms. The monoisotopic (exact) mass is 193 g/mol. The average Bonchev–Trinajstić information content (AvgIpc) is 2.16. The molecule has 0 aliphatic carbocycles. The van der Waals surface area contributed by atoms with Crippen LogP contribution < -0.4 is 9.47 Å². The van der Waals surface area contributed by atoms with Crippen LogP contribution in [0.3, 0.4) is 0 Å². The Kier molecular flexibility index (Phi) is 2.82. The Labute approximate surface area is 82.3 Å². The molecule has 0 saturated heterocycles. The molecule has 0 aliphatic rings. The number of aryl methyl sites for hydroxylation is 1. The van der Waals surface area contributed by atoms with Gasteiger partial charge in [0.05, 0.1) is 14.2 Å². The third kappa shape index (κ3) is 1.44. The van der Waals surface area contributed by atoms with Crippen molar-refractivity contribution in [3.05, 3.63) is 17.2 Å². The van der Waals surface area contributed by atoms with Crippen LogP contribution in [0.4, 0.5) is 0 Å². The van der Waals surface area contributed by atoms with E-state index in [9.17, 15) is 5.11 Å². The number of ether oxygens (including phenoxy) is 2. The van der Waals surface area contributed by atoms with E-state index in [1.54, 1.807) is 6.92 Å². The van der Waals surface area contributed by atoms with Gasteiger partial charge in [-0.2, -0.15) is 5.26 Å². The summed E-state index contributed by atoms with van der Waals surface area (Å²) in [5.41, 5.74) is 1.03. The molecular formula is C10H11NO3. The fourth-order valence-corrected chi connectivity index (χ4v) is 1.28. The topological polar surface area (TPSA) is 62.5 Å². The van der Waals surface area contributed by atoms with Gasteiger partial charge in [-0.1, -0.05) is 0 Å². The predicted molar refractivity (Wildman–Crippen MR) is 50.7 cm³/mol. The van der Waals surface area contributed by atoms with Crippen molar-refractivity contribution in [2.45, 2.75) is 6.92 Å². The first kappa shape index (κ1) is 10.2. The summed E-state index contributed by atoms with van der Waals surface area (Å²) < 4.78 is 9.95. The maximum atomic E-state index is 9.51. The lowest BCUT2D eigenvalue weighted by atomic mass is 10.1. The highest BCUT2D eigenvalue weighted by Gasteiger charge is 2.16. The Balaban J connectivity index is 3.53. The van der Waals surface area contributed by atoms with E-state index in [0.29, 0.717) is 11.1 Å². The first-order valence-corrected chi connectivity index (χ1v) is 4.00. The van der Waals surface area contributed by atoms with E-state index in [2.05, 4.69) is 0 Å². The second-order valence-electron chi connectivity index (χ2n) is 2.77. The summed E-state index contributed by atoms with van der Waals surface area (Å²) in [6.07, 6.45) is 0. The molecule has 0 unspecified atom stereocenters. The van der Waals surface area contributed by atoms with E-state index >= 15 is 0 Å². The van der Waals surface area contributed by atoms with Gasteiger partial charge in [-0.3, -0.25) is 0 Å². The van der Waals surface area contributed by atoms with Crippen molar-refractivity contribution in [3.8, 4) is 23.3 Å². The van der Waals surface area contributed by atoms with Crippen LogP contribution in [0, 0.1) is 18.3 Å². The molecule has 14 heavy (non-hydrogen) atoms. The highest BCUT2D eigenvalue weighted by Crippen LogP contribution is 2.40. The van der Waals surface area contributed by atoms with Crippen molar-refractivity contribution in [1.29, 1.82) is 5.26 Å². The predicted octanol–water partition coefficient (Wildman–Crippen LogP) is 1.59. The molecule has 1 rings (SSSR count). The van der Waals surface area contributed by atoms with Crippen LogP contribution in [0.25, 0.3) is 0 Å². The zero-order valence-electron chi connectivity index (χ0n) is 8.29. The minimum absolute atomic E-state index is 0.0270. The molecular weight excluding hydrogens is 182 g/mol. The van der Waals surface area contributed by atoms with Gasteiger partial charge in [0.25, 0.3) is 0 Å². The molecule has 1 N–H and O–H groups in total. The molecule has 74 valence electrons. The fraction of sp³-hybridized carbons (Fsp3) is 0.300. The lowest BCUT2D eigenvalue weighted by Crippen LogP contribution is -1.96. The molecule has 1 aromatic rings. The second-order valence-corrected chi connectivity index (χ2v) is 2.77. The summed E-state index contributed by atoms with van der Waals surface area (Å²) >= 11 is 0. The van der Waals surface area contributed by atoms with Gasteiger partial charge in [0.15, 0.2) is 11.5 Å². The number of rotatable bonds is 2. The van der Waals surface area contributed by atoms with E-state index in [1.165, 1.54) is 20.3 Å². The minimum atomic E-state index is -0.0270. The van der Waals surface area contributed by atoms with Gasteiger partial charge >= 0.3 is 0 Å². The normalized spacial score (nSPS) is 9.29. The number of methoxy groups -OCH3 is 2. The molecule has 0 aliphatic heterocycles. The Bertz CT molecular complexity index is 393. The van der Waals surface area contributed by atoms with Crippen molar-refractivity contribution >= 4 is 0 Å². The number of hydrogen-bond donors (Lipinski definition) is 1. The molecule has 0 aromatic heterocycles. The number of aromatic hydroxyl groups is 1. The van der Waals surface area contributed by atoms with E-state index in [1.807, 2.05) is 6.07 Å². The summed E-state index contributed by atoms with van der Waals surface area (Å²) in [6, 6.07) is 3.47. The SMILES string of the molecule is COc1c(O)cc(C)c(C#N)c1OC. The number of benzene rings is 1. The van der Waals surface area contributed by atoms with E-state index in [-0.39, 0.29) is 17.2 Å². The van der Waals surface area contributed by atoms with E-state index < -0.39 is 0 Å². The van der Waals surface area contributed by atoms with Crippen LogP contribution in [0.5, 0.6) is 17.2 Å². The van der Waals surface area contributed by atoms with Gasteiger partial charge in [0.2, 0.25) is 5.75 Å². The maximum Gasteiger partial charge on any atom is 0.204 e. The standard InChI is InChI=1S/C10H11NO3/c1-6-4-8(12)10(14-3)9(13-2)7(6)5-11/h4,12H,1-3H3. The first-order chi connectivity index (χ1) is 6.65. The number of phenols is 1. The van der Waals surface area contributed by atoms with Crippen molar-refractivity contribution in [1.82, 2.24) is 0 Å². The van der Waals surface area contributed by atoms with Gasteiger partial charge in [-0.05, 0) is 18.6 Å². The van der Waals surface area contributed by atoms with Crippen LogP contribution in [-0.4, -0.2) is 19.3 Å². The van der Waals surface area contributed by atoms with Gasteiger partial charge in [-0.15, -0.1) is 0 Å². The highest BCUT2D eigenvalue weighted by molar-refractivity contribution is 5.62. The van der Waals surface area contributed by atoms with Crippen molar-refractivity contribution < 1.29 is 14.6 Å².